The molecular weight excluding hydrogens is 375 g/mol. The summed E-state index contributed by atoms with van der Waals surface area (Å²) in [5.74, 6) is -1.70. The Hall–Kier alpha value is -1.64. The van der Waals surface area contributed by atoms with Gasteiger partial charge in [0, 0.05) is 19.6 Å². The number of fused-ring (bicyclic) bond motifs is 1. The highest BCUT2D eigenvalue weighted by atomic mass is 32.2. The van der Waals surface area contributed by atoms with E-state index >= 15 is 0 Å². The predicted octanol–water partition coefficient (Wildman–Crippen LogP) is 4.41. The number of carbonyl (C=O) groups is 1. The molecule has 0 aliphatic carbocycles. The summed E-state index contributed by atoms with van der Waals surface area (Å²) in [6, 6.07) is 3.90. The molecular formula is C18H23FN2O3S2. The fraction of sp³-hybridized carbons (Fsp3) is 0.389. The Morgan fingerprint density at radius 1 is 1.50 bits per heavy atom. The van der Waals surface area contributed by atoms with Crippen LogP contribution in [0.2, 0.25) is 0 Å². The first-order chi connectivity index (χ1) is 12.5. The summed E-state index contributed by atoms with van der Waals surface area (Å²) < 4.78 is 20.8. The normalized spacial score (nSPS) is 15.3. The molecule has 5 nitrogen and oxygen atoms in total. The molecule has 2 rings (SSSR count). The van der Waals surface area contributed by atoms with Crippen LogP contribution in [0.1, 0.15) is 13.3 Å². The second kappa shape index (κ2) is 9.89. The number of hydrogen-bond donors (Lipinski definition) is 1. The van der Waals surface area contributed by atoms with E-state index in [1.807, 2.05) is 32.2 Å². The number of ether oxygens (including phenoxy) is 1. The number of thioether (sulfide) groups is 1. The van der Waals surface area contributed by atoms with Gasteiger partial charge in [0.1, 0.15) is 12.0 Å². The molecule has 142 valence electrons. The van der Waals surface area contributed by atoms with Gasteiger partial charge in [-0.3, -0.25) is 0 Å². The third-order valence-corrected chi connectivity index (χ3v) is 5.64. The lowest BCUT2D eigenvalue weighted by molar-refractivity contribution is -0.134. The standard InChI is InChI=1S/C18H23FN2O3S2/c1-4-6-7-21-9-8-20(3)26-16-11-15(24-12-13(19)18(22)23)17(25-5-2)10-14(16)21/h4,10-12H,1,5-9H2,2-3H3,(H,22,23)/b13-12-. The Bertz CT molecular complexity index is 697. The van der Waals surface area contributed by atoms with E-state index in [0.717, 1.165) is 47.3 Å². The van der Waals surface area contributed by atoms with E-state index in [9.17, 15) is 9.18 Å². The van der Waals surface area contributed by atoms with Crippen LogP contribution in [-0.2, 0) is 4.79 Å². The maximum atomic E-state index is 13.3. The molecule has 0 atom stereocenters. The molecule has 0 saturated carbocycles. The number of carboxylic acids is 1. The van der Waals surface area contributed by atoms with E-state index < -0.39 is 11.8 Å². The van der Waals surface area contributed by atoms with Crippen molar-refractivity contribution in [3.63, 3.8) is 0 Å². The third-order valence-electron chi connectivity index (χ3n) is 3.70. The second-order valence-corrected chi connectivity index (χ2v) is 8.15. The van der Waals surface area contributed by atoms with Gasteiger partial charge in [0.2, 0.25) is 5.83 Å². The number of aliphatic carboxylic acids is 1. The highest BCUT2D eigenvalue weighted by molar-refractivity contribution is 7.99. The van der Waals surface area contributed by atoms with Crippen molar-refractivity contribution < 1.29 is 19.0 Å². The van der Waals surface area contributed by atoms with Crippen LogP contribution in [0, 0.1) is 0 Å². The maximum Gasteiger partial charge on any atom is 0.368 e. The van der Waals surface area contributed by atoms with Crippen molar-refractivity contribution in [2.45, 2.75) is 23.1 Å². The second-order valence-electron chi connectivity index (χ2n) is 5.60. The number of halogens is 1. The van der Waals surface area contributed by atoms with Gasteiger partial charge in [0.15, 0.2) is 0 Å². The summed E-state index contributed by atoms with van der Waals surface area (Å²) in [6.07, 6.45) is 3.43. The largest absolute Gasteiger partial charge is 0.476 e. The van der Waals surface area contributed by atoms with Crippen molar-refractivity contribution >= 4 is 35.4 Å². The number of nitrogens with zero attached hydrogens (tertiary/aromatic N) is 2. The quantitative estimate of drug-likeness (QED) is 0.229. The first-order valence-corrected chi connectivity index (χ1v) is 10.0. The van der Waals surface area contributed by atoms with Crippen LogP contribution in [0.4, 0.5) is 10.1 Å². The predicted molar refractivity (Wildman–Crippen MR) is 106 cm³/mol. The van der Waals surface area contributed by atoms with E-state index in [0.29, 0.717) is 12.0 Å². The Kier molecular flexibility index (Phi) is 7.86. The number of likely N-dealkylation sites (N-methyl/N-ethyl adjacent to an activating group) is 1. The summed E-state index contributed by atoms with van der Waals surface area (Å²) in [4.78, 5) is 14.8. The molecule has 1 aromatic carbocycles. The number of anilines is 1. The van der Waals surface area contributed by atoms with Gasteiger partial charge >= 0.3 is 5.97 Å². The molecule has 26 heavy (non-hydrogen) atoms. The average molecular weight is 399 g/mol. The number of rotatable bonds is 8. The molecule has 1 aliphatic heterocycles. The summed E-state index contributed by atoms with van der Waals surface area (Å²) in [5.41, 5.74) is 1.10. The average Bonchev–Trinajstić information content (AvgIpc) is 2.76. The first-order valence-electron chi connectivity index (χ1n) is 8.27. The van der Waals surface area contributed by atoms with Gasteiger partial charge in [-0.25, -0.2) is 9.10 Å². The Balaban J connectivity index is 2.42. The fourth-order valence-corrected chi connectivity index (χ4v) is 4.16. The molecule has 1 aromatic rings. The van der Waals surface area contributed by atoms with Crippen LogP contribution in [0.5, 0.6) is 5.75 Å². The van der Waals surface area contributed by atoms with Crippen LogP contribution >= 0.6 is 23.7 Å². The minimum Gasteiger partial charge on any atom is -0.476 e. The summed E-state index contributed by atoms with van der Waals surface area (Å²) in [6.45, 7) is 8.49. The Labute approximate surface area is 162 Å². The van der Waals surface area contributed by atoms with Crippen LogP contribution < -0.4 is 9.64 Å². The van der Waals surface area contributed by atoms with Gasteiger partial charge in [-0.05, 0) is 43.3 Å². The summed E-state index contributed by atoms with van der Waals surface area (Å²) in [7, 11) is 2.02. The lowest BCUT2D eigenvalue weighted by Gasteiger charge is -2.25. The summed E-state index contributed by atoms with van der Waals surface area (Å²) in [5, 5.41) is 8.66. The zero-order valence-electron chi connectivity index (χ0n) is 14.9. The lowest BCUT2D eigenvalue weighted by atomic mass is 10.2. The van der Waals surface area contributed by atoms with Crippen molar-refractivity contribution in [2.75, 3.05) is 37.3 Å². The van der Waals surface area contributed by atoms with Gasteiger partial charge in [0.25, 0.3) is 0 Å². The summed E-state index contributed by atoms with van der Waals surface area (Å²) >= 11 is 3.17. The third kappa shape index (κ3) is 5.43. The van der Waals surface area contributed by atoms with Crippen molar-refractivity contribution in [3.05, 3.63) is 36.9 Å². The molecule has 0 spiro atoms. The van der Waals surface area contributed by atoms with Gasteiger partial charge in [-0.2, -0.15) is 4.39 Å². The zero-order chi connectivity index (χ0) is 19.1. The number of benzene rings is 1. The zero-order valence-corrected chi connectivity index (χ0v) is 16.5. The van der Waals surface area contributed by atoms with Crippen molar-refractivity contribution in [1.82, 2.24) is 4.31 Å². The molecule has 0 amide bonds. The number of hydrogen-bond acceptors (Lipinski definition) is 6. The molecule has 0 fully saturated rings. The highest BCUT2D eigenvalue weighted by Crippen LogP contribution is 2.42. The molecule has 0 aromatic heterocycles. The van der Waals surface area contributed by atoms with Crippen molar-refractivity contribution in [1.29, 1.82) is 0 Å². The molecule has 1 N–H and O–H groups in total. The number of carboxylic acid groups (broad SMARTS) is 1. The van der Waals surface area contributed by atoms with Crippen molar-refractivity contribution in [2.24, 2.45) is 0 Å². The maximum absolute atomic E-state index is 13.3. The molecule has 0 unspecified atom stereocenters. The van der Waals surface area contributed by atoms with Gasteiger partial charge in [-0.1, -0.05) is 13.0 Å². The Morgan fingerprint density at radius 2 is 2.27 bits per heavy atom. The monoisotopic (exact) mass is 398 g/mol. The Morgan fingerprint density at radius 3 is 2.92 bits per heavy atom. The molecule has 0 saturated heterocycles. The topological polar surface area (TPSA) is 53.0 Å². The first kappa shape index (κ1) is 20.7. The highest BCUT2D eigenvalue weighted by Gasteiger charge is 2.21. The van der Waals surface area contributed by atoms with Gasteiger partial charge in [-0.15, -0.1) is 18.3 Å². The van der Waals surface area contributed by atoms with Crippen molar-refractivity contribution in [3.8, 4) is 5.75 Å². The molecule has 1 heterocycles. The molecule has 1 aliphatic rings. The van der Waals surface area contributed by atoms with E-state index in [2.05, 4.69) is 15.8 Å². The minimum absolute atomic E-state index is 0.457. The smallest absolute Gasteiger partial charge is 0.368 e. The van der Waals surface area contributed by atoms with E-state index in [1.54, 1.807) is 23.7 Å². The minimum atomic E-state index is -1.64. The van der Waals surface area contributed by atoms with E-state index in [4.69, 9.17) is 9.84 Å². The molecule has 8 heteroatoms. The van der Waals surface area contributed by atoms with Crippen LogP contribution in [0.15, 0.2) is 46.7 Å². The lowest BCUT2D eigenvalue weighted by Crippen LogP contribution is -2.29. The van der Waals surface area contributed by atoms with Gasteiger partial charge < -0.3 is 14.7 Å². The van der Waals surface area contributed by atoms with Gasteiger partial charge in [0.05, 0.1) is 15.5 Å². The van der Waals surface area contributed by atoms with Crippen LogP contribution in [0.3, 0.4) is 0 Å². The molecule has 0 bridgehead atoms. The van der Waals surface area contributed by atoms with Crippen LogP contribution in [-0.4, -0.2) is 47.8 Å². The fourth-order valence-electron chi connectivity index (χ4n) is 2.45. The van der Waals surface area contributed by atoms with E-state index in [1.165, 1.54) is 0 Å². The van der Waals surface area contributed by atoms with E-state index in [-0.39, 0.29) is 0 Å². The van der Waals surface area contributed by atoms with Crippen LogP contribution in [0.25, 0.3) is 0 Å². The molecule has 0 radical (unpaired) electrons. The SMILES string of the molecule is C=CCCN1CCN(C)Sc2cc(O/C=C(\F)C(=O)O)c(SCC)cc21.